The maximum Gasteiger partial charge on any atom is 0.167 e. The Bertz CT molecular complexity index is 316. The minimum atomic E-state index is 0.388. The van der Waals surface area contributed by atoms with Crippen molar-refractivity contribution in [3.8, 4) is 5.75 Å². The van der Waals surface area contributed by atoms with Crippen molar-refractivity contribution in [1.82, 2.24) is 10.5 Å². The van der Waals surface area contributed by atoms with Gasteiger partial charge in [-0.1, -0.05) is 0 Å². The highest BCUT2D eigenvalue weighted by molar-refractivity contribution is 9.10. The Hall–Kier alpha value is -0.610. The first-order valence-electron chi connectivity index (χ1n) is 4.32. The van der Waals surface area contributed by atoms with E-state index < -0.39 is 0 Å². The van der Waals surface area contributed by atoms with Gasteiger partial charge in [0.25, 0.3) is 0 Å². The highest BCUT2D eigenvalue weighted by Gasteiger charge is 2.15. The number of hydrogen-bond donors (Lipinski definition) is 1. The predicted molar refractivity (Wildman–Crippen MR) is 53.5 cm³/mol. The van der Waals surface area contributed by atoms with Gasteiger partial charge in [0, 0.05) is 24.0 Å². The van der Waals surface area contributed by atoms with Crippen LogP contribution in [0.5, 0.6) is 5.75 Å². The molecule has 13 heavy (non-hydrogen) atoms. The van der Waals surface area contributed by atoms with Crippen LogP contribution in [0.1, 0.15) is 18.9 Å². The molecule has 0 radical (unpaired) electrons. The number of hydrogen-bond acceptors (Lipinski definition) is 3. The van der Waals surface area contributed by atoms with Crippen molar-refractivity contribution in [3.63, 3.8) is 0 Å². The molecule has 2 heterocycles. The van der Waals surface area contributed by atoms with Gasteiger partial charge in [0.15, 0.2) is 5.75 Å². The van der Waals surface area contributed by atoms with Crippen LogP contribution in [0.4, 0.5) is 0 Å². The molecule has 1 aromatic heterocycles. The number of rotatable bonds is 0. The molecule has 1 aliphatic rings. The first kappa shape index (κ1) is 8.97. The van der Waals surface area contributed by atoms with Gasteiger partial charge in [-0.05, 0) is 35.7 Å². The quantitative estimate of drug-likeness (QED) is 0.757. The predicted octanol–water partition coefficient (Wildman–Crippen LogP) is 2.06. The third-order valence-electron chi connectivity index (χ3n) is 2.14. The topological polar surface area (TPSA) is 34.1 Å². The minimum Gasteiger partial charge on any atom is -0.407 e. The van der Waals surface area contributed by atoms with Crippen molar-refractivity contribution in [2.75, 3.05) is 0 Å². The van der Waals surface area contributed by atoms with Crippen molar-refractivity contribution in [1.29, 1.82) is 0 Å². The highest BCUT2D eigenvalue weighted by atomic mass is 79.9. The zero-order valence-electron chi connectivity index (χ0n) is 7.38. The van der Waals surface area contributed by atoms with E-state index in [0.29, 0.717) is 6.04 Å². The van der Waals surface area contributed by atoms with E-state index in [0.717, 1.165) is 28.6 Å². The zero-order valence-corrected chi connectivity index (χ0v) is 8.97. The van der Waals surface area contributed by atoms with Gasteiger partial charge in [0.05, 0.1) is 4.47 Å². The SMILES string of the molecule is C[C@@H]1CCc2cncc(Br)c2ON1. The van der Waals surface area contributed by atoms with Gasteiger partial charge in [-0.15, -0.1) is 0 Å². The maximum absolute atomic E-state index is 5.45. The Morgan fingerprint density at radius 1 is 1.62 bits per heavy atom. The second-order valence-corrected chi connectivity index (χ2v) is 4.12. The molecule has 1 aliphatic heterocycles. The van der Waals surface area contributed by atoms with E-state index >= 15 is 0 Å². The molecule has 70 valence electrons. The Kier molecular flexibility index (Phi) is 2.51. The summed E-state index contributed by atoms with van der Waals surface area (Å²) in [6.45, 7) is 2.10. The summed E-state index contributed by atoms with van der Waals surface area (Å²) in [5, 5.41) is 0. The van der Waals surface area contributed by atoms with Gasteiger partial charge in [-0.3, -0.25) is 4.98 Å². The number of hydroxylamine groups is 1. The molecule has 1 N–H and O–H groups in total. The normalized spacial score (nSPS) is 21.5. The summed E-state index contributed by atoms with van der Waals surface area (Å²) in [5.41, 5.74) is 4.14. The molecule has 1 atom stereocenters. The average Bonchev–Trinajstić information content (AvgIpc) is 2.30. The molecule has 0 unspecified atom stereocenters. The molecule has 0 aliphatic carbocycles. The van der Waals surface area contributed by atoms with Crippen LogP contribution in [0.2, 0.25) is 0 Å². The summed E-state index contributed by atoms with van der Waals surface area (Å²) < 4.78 is 0.909. The van der Waals surface area contributed by atoms with Crippen LogP contribution in [0.15, 0.2) is 16.9 Å². The molecular formula is C9H11BrN2O. The Morgan fingerprint density at radius 3 is 3.31 bits per heavy atom. The van der Waals surface area contributed by atoms with E-state index in [9.17, 15) is 0 Å². The largest absolute Gasteiger partial charge is 0.407 e. The fraction of sp³-hybridized carbons (Fsp3) is 0.444. The fourth-order valence-electron chi connectivity index (χ4n) is 1.35. The Morgan fingerprint density at radius 2 is 2.46 bits per heavy atom. The van der Waals surface area contributed by atoms with Gasteiger partial charge in [0.2, 0.25) is 0 Å². The average molecular weight is 243 g/mol. The number of aromatic nitrogens is 1. The standard InChI is InChI=1S/C9H11BrN2O/c1-6-2-3-7-4-11-5-8(10)9(7)13-12-6/h4-6,12H,2-3H2,1H3/t6-/m1/s1. The summed E-state index contributed by atoms with van der Waals surface area (Å²) >= 11 is 3.41. The first-order valence-corrected chi connectivity index (χ1v) is 5.11. The van der Waals surface area contributed by atoms with Gasteiger partial charge >= 0.3 is 0 Å². The fourth-order valence-corrected chi connectivity index (χ4v) is 1.80. The molecule has 0 aromatic carbocycles. The van der Waals surface area contributed by atoms with E-state index in [2.05, 4.69) is 33.3 Å². The molecule has 3 nitrogen and oxygen atoms in total. The number of halogens is 1. The molecule has 2 rings (SSSR count). The van der Waals surface area contributed by atoms with Gasteiger partial charge in [-0.25, -0.2) is 0 Å². The molecule has 0 bridgehead atoms. The number of nitrogens with one attached hydrogen (secondary N) is 1. The second-order valence-electron chi connectivity index (χ2n) is 3.27. The first-order chi connectivity index (χ1) is 6.27. The number of pyridine rings is 1. The summed E-state index contributed by atoms with van der Waals surface area (Å²) in [7, 11) is 0. The molecule has 0 fully saturated rings. The van der Waals surface area contributed by atoms with Crippen LogP contribution in [-0.2, 0) is 6.42 Å². The molecular weight excluding hydrogens is 232 g/mol. The number of aryl methyl sites for hydroxylation is 1. The second kappa shape index (κ2) is 3.64. The minimum absolute atomic E-state index is 0.388. The molecule has 1 aromatic rings. The lowest BCUT2D eigenvalue weighted by atomic mass is 10.1. The van der Waals surface area contributed by atoms with Crippen molar-refractivity contribution in [2.45, 2.75) is 25.8 Å². The number of nitrogens with zero attached hydrogens (tertiary/aromatic N) is 1. The molecule has 0 saturated heterocycles. The lowest BCUT2D eigenvalue weighted by Crippen LogP contribution is -2.27. The van der Waals surface area contributed by atoms with Crippen LogP contribution in [-0.4, -0.2) is 11.0 Å². The zero-order chi connectivity index (χ0) is 9.26. The monoisotopic (exact) mass is 242 g/mol. The summed E-state index contributed by atoms with van der Waals surface area (Å²) in [6.07, 6.45) is 5.69. The summed E-state index contributed by atoms with van der Waals surface area (Å²) in [6, 6.07) is 0.388. The lowest BCUT2D eigenvalue weighted by molar-refractivity contribution is 0.164. The molecule has 0 saturated carbocycles. The highest BCUT2D eigenvalue weighted by Crippen LogP contribution is 2.30. The van der Waals surface area contributed by atoms with Crippen molar-refractivity contribution in [2.24, 2.45) is 0 Å². The van der Waals surface area contributed by atoms with E-state index in [-0.39, 0.29) is 0 Å². The summed E-state index contributed by atoms with van der Waals surface area (Å²) in [5.74, 6) is 0.874. The Balaban J connectivity index is 2.35. The third kappa shape index (κ3) is 1.84. The number of fused-ring (bicyclic) bond motifs is 1. The van der Waals surface area contributed by atoms with Crippen LogP contribution in [0.3, 0.4) is 0 Å². The van der Waals surface area contributed by atoms with Gasteiger partial charge in [-0.2, -0.15) is 5.48 Å². The lowest BCUT2D eigenvalue weighted by Gasteiger charge is -2.09. The van der Waals surface area contributed by atoms with Crippen LogP contribution < -0.4 is 10.3 Å². The maximum atomic E-state index is 5.45. The third-order valence-corrected chi connectivity index (χ3v) is 2.70. The van der Waals surface area contributed by atoms with Gasteiger partial charge in [0.1, 0.15) is 0 Å². The molecule has 0 amide bonds. The van der Waals surface area contributed by atoms with Crippen LogP contribution >= 0.6 is 15.9 Å². The van der Waals surface area contributed by atoms with Crippen LogP contribution in [0, 0.1) is 0 Å². The molecule has 0 spiro atoms. The van der Waals surface area contributed by atoms with Gasteiger partial charge < -0.3 is 4.84 Å². The van der Waals surface area contributed by atoms with Crippen molar-refractivity contribution < 1.29 is 4.84 Å². The smallest absolute Gasteiger partial charge is 0.167 e. The van der Waals surface area contributed by atoms with Crippen molar-refractivity contribution >= 4 is 15.9 Å². The van der Waals surface area contributed by atoms with E-state index in [1.165, 1.54) is 0 Å². The van der Waals surface area contributed by atoms with Crippen LogP contribution in [0.25, 0.3) is 0 Å². The van der Waals surface area contributed by atoms with Crippen molar-refractivity contribution in [3.05, 3.63) is 22.4 Å². The molecule has 4 heteroatoms. The summed E-state index contributed by atoms with van der Waals surface area (Å²) in [4.78, 5) is 9.56. The Labute approximate surface area is 85.6 Å². The van der Waals surface area contributed by atoms with E-state index in [1.807, 2.05) is 6.20 Å². The van der Waals surface area contributed by atoms with E-state index in [1.54, 1.807) is 6.20 Å². The van der Waals surface area contributed by atoms with E-state index in [4.69, 9.17) is 4.84 Å².